The highest BCUT2D eigenvalue weighted by atomic mass is 19.4. The maximum atomic E-state index is 13.1. The lowest BCUT2D eigenvalue weighted by atomic mass is 10.0. The number of aromatic nitrogens is 4. The van der Waals surface area contributed by atoms with Gasteiger partial charge in [0.15, 0.2) is 0 Å². The summed E-state index contributed by atoms with van der Waals surface area (Å²) in [4.78, 5) is 27.1. The van der Waals surface area contributed by atoms with Gasteiger partial charge in [-0.05, 0) is 47.0 Å². The van der Waals surface area contributed by atoms with E-state index in [2.05, 4.69) is 25.2 Å². The van der Waals surface area contributed by atoms with Gasteiger partial charge in [0, 0.05) is 32.0 Å². The Labute approximate surface area is 215 Å². The van der Waals surface area contributed by atoms with Crippen molar-refractivity contribution in [3.63, 3.8) is 0 Å². The summed E-state index contributed by atoms with van der Waals surface area (Å²) in [5.74, 6) is -0.211. The van der Waals surface area contributed by atoms with Crippen molar-refractivity contribution in [3.8, 4) is 11.1 Å². The molecule has 0 unspecified atom stereocenters. The molecule has 2 N–H and O–H groups in total. The number of pyridine rings is 1. The van der Waals surface area contributed by atoms with Crippen molar-refractivity contribution in [2.45, 2.75) is 12.7 Å². The molecule has 4 heterocycles. The highest BCUT2D eigenvalue weighted by Gasteiger charge is 2.30. The largest absolute Gasteiger partial charge is 0.416 e. The number of hydrogen-bond acceptors (Lipinski definition) is 5. The average molecular weight is 521 g/mol. The van der Waals surface area contributed by atoms with Gasteiger partial charge in [0.05, 0.1) is 29.8 Å². The minimum absolute atomic E-state index is 0.219. The van der Waals surface area contributed by atoms with Crippen LogP contribution in [-0.4, -0.2) is 56.5 Å². The molecule has 1 amide bonds. The second-order valence-corrected chi connectivity index (χ2v) is 9.17. The van der Waals surface area contributed by atoms with Gasteiger partial charge in [-0.3, -0.25) is 15.0 Å². The Hall–Kier alpha value is -4.22. The van der Waals surface area contributed by atoms with Gasteiger partial charge in [0.25, 0.3) is 5.91 Å². The van der Waals surface area contributed by atoms with E-state index < -0.39 is 17.6 Å². The summed E-state index contributed by atoms with van der Waals surface area (Å²) >= 11 is 0. The standard InChI is InChI=1S/C27H23F3N6O2/c28-27(29,30)20-3-1-2-18(12-20)19-5-6-21-22(13-19)33-26(32-21)34-25(37)23-16-36-15-17(4-7-24(36)31-23)14-35-8-10-38-11-9-35/h1-7,12-13,15-16H,8-11,14H2,(H2,32,33,34,37). The monoisotopic (exact) mass is 520 g/mol. The first-order valence-corrected chi connectivity index (χ1v) is 12.1. The van der Waals surface area contributed by atoms with Crippen molar-refractivity contribution >= 4 is 28.5 Å². The number of ether oxygens (including phenoxy) is 1. The number of aromatic amines is 1. The van der Waals surface area contributed by atoms with Crippen LogP contribution in [0.1, 0.15) is 21.6 Å². The fourth-order valence-corrected chi connectivity index (χ4v) is 4.55. The fraction of sp³-hybridized carbons (Fsp3) is 0.222. The van der Waals surface area contributed by atoms with E-state index in [9.17, 15) is 18.0 Å². The zero-order valence-corrected chi connectivity index (χ0v) is 20.1. The van der Waals surface area contributed by atoms with E-state index >= 15 is 0 Å². The Balaban J connectivity index is 1.19. The lowest BCUT2D eigenvalue weighted by Gasteiger charge is -2.26. The van der Waals surface area contributed by atoms with Crippen molar-refractivity contribution in [2.75, 3.05) is 31.6 Å². The van der Waals surface area contributed by atoms with Crippen LogP contribution in [-0.2, 0) is 17.5 Å². The molecule has 8 nitrogen and oxygen atoms in total. The zero-order chi connectivity index (χ0) is 26.3. The molecule has 1 aliphatic rings. The van der Waals surface area contributed by atoms with Gasteiger partial charge in [-0.25, -0.2) is 9.97 Å². The number of benzene rings is 2. The molecule has 0 spiro atoms. The molecule has 0 atom stereocenters. The summed E-state index contributed by atoms with van der Waals surface area (Å²) in [6.07, 6.45) is -0.793. The number of halogens is 3. The smallest absolute Gasteiger partial charge is 0.379 e. The second kappa shape index (κ2) is 9.58. The third kappa shape index (κ3) is 4.98. The van der Waals surface area contributed by atoms with Gasteiger partial charge >= 0.3 is 6.18 Å². The molecule has 1 aliphatic heterocycles. The molecular weight excluding hydrogens is 497 g/mol. The van der Waals surface area contributed by atoms with Gasteiger partial charge in [-0.1, -0.05) is 24.3 Å². The third-order valence-corrected chi connectivity index (χ3v) is 6.49. The van der Waals surface area contributed by atoms with Crippen molar-refractivity contribution < 1.29 is 22.7 Å². The number of H-pyrrole nitrogens is 1. The van der Waals surface area contributed by atoms with Gasteiger partial charge in [0.1, 0.15) is 11.3 Å². The second-order valence-electron chi connectivity index (χ2n) is 9.17. The fourth-order valence-electron chi connectivity index (χ4n) is 4.55. The van der Waals surface area contributed by atoms with Crippen LogP contribution in [0.5, 0.6) is 0 Å². The lowest BCUT2D eigenvalue weighted by molar-refractivity contribution is -0.137. The van der Waals surface area contributed by atoms with E-state index in [4.69, 9.17) is 4.74 Å². The minimum Gasteiger partial charge on any atom is -0.379 e. The molecule has 0 radical (unpaired) electrons. The summed E-state index contributed by atoms with van der Waals surface area (Å²) in [5.41, 5.74) is 3.43. The molecule has 0 saturated carbocycles. The molecule has 5 aromatic rings. The molecule has 38 heavy (non-hydrogen) atoms. The van der Waals surface area contributed by atoms with Crippen LogP contribution in [0.15, 0.2) is 67.0 Å². The highest BCUT2D eigenvalue weighted by Crippen LogP contribution is 2.33. The Morgan fingerprint density at radius 1 is 1.00 bits per heavy atom. The number of imidazole rings is 2. The number of rotatable bonds is 5. The molecule has 0 aliphatic carbocycles. The lowest BCUT2D eigenvalue weighted by Crippen LogP contribution is -2.35. The van der Waals surface area contributed by atoms with E-state index in [0.717, 1.165) is 50.5 Å². The number of anilines is 1. The zero-order valence-electron chi connectivity index (χ0n) is 20.1. The van der Waals surface area contributed by atoms with Gasteiger partial charge in [-0.2, -0.15) is 13.2 Å². The van der Waals surface area contributed by atoms with Crippen LogP contribution in [0.2, 0.25) is 0 Å². The first-order valence-electron chi connectivity index (χ1n) is 12.1. The quantitative estimate of drug-likeness (QED) is 0.341. The predicted molar refractivity (Wildman–Crippen MR) is 136 cm³/mol. The topological polar surface area (TPSA) is 87.5 Å². The van der Waals surface area contributed by atoms with E-state index in [0.29, 0.717) is 27.8 Å². The summed E-state index contributed by atoms with van der Waals surface area (Å²) in [6.45, 7) is 4.02. The number of alkyl halides is 3. The summed E-state index contributed by atoms with van der Waals surface area (Å²) in [6, 6.07) is 14.1. The van der Waals surface area contributed by atoms with Crippen LogP contribution >= 0.6 is 0 Å². The van der Waals surface area contributed by atoms with Crippen molar-refractivity contribution in [1.29, 1.82) is 0 Å². The molecule has 11 heteroatoms. The van der Waals surface area contributed by atoms with E-state index in [1.807, 2.05) is 22.7 Å². The number of carbonyl (C=O) groups excluding carboxylic acids is 1. The number of morpholine rings is 1. The number of fused-ring (bicyclic) bond motifs is 2. The normalized spacial score (nSPS) is 14.8. The van der Waals surface area contributed by atoms with E-state index in [1.54, 1.807) is 30.5 Å². The van der Waals surface area contributed by atoms with Gasteiger partial charge < -0.3 is 14.1 Å². The van der Waals surface area contributed by atoms with E-state index in [-0.39, 0.29) is 11.6 Å². The third-order valence-electron chi connectivity index (χ3n) is 6.49. The summed E-state index contributed by atoms with van der Waals surface area (Å²) in [5, 5.41) is 2.72. The highest BCUT2D eigenvalue weighted by molar-refractivity contribution is 6.03. The SMILES string of the molecule is O=C(Nc1nc2cc(-c3cccc(C(F)(F)F)c3)ccc2[nH]1)c1cn2cc(CN3CCOCC3)ccc2n1. The molecule has 1 fully saturated rings. The molecular formula is C27H23F3N6O2. The number of nitrogens with one attached hydrogen (secondary N) is 2. The maximum Gasteiger partial charge on any atom is 0.416 e. The Morgan fingerprint density at radius 2 is 1.82 bits per heavy atom. The van der Waals surface area contributed by atoms with Crippen molar-refractivity contribution in [2.24, 2.45) is 0 Å². The number of hydrogen-bond donors (Lipinski definition) is 2. The van der Waals surface area contributed by atoms with Crippen molar-refractivity contribution in [3.05, 3.63) is 83.8 Å². The van der Waals surface area contributed by atoms with Crippen LogP contribution in [0, 0.1) is 0 Å². The molecule has 3 aromatic heterocycles. The number of carbonyl (C=O) groups is 1. The average Bonchev–Trinajstić information content (AvgIpc) is 3.52. The maximum absolute atomic E-state index is 13.1. The summed E-state index contributed by atoms with van der Waals surface area (Å²) in [7, 11) is 0. The molecule has 1 saturated heterocycles. The first kappa shape index (κ1) is 24.1. The molecule has 194 valence electrons. The minimum atomic E-state index is -4.42. The summed E-state index contributed by atoms with van der Waals surface area (Å²) < 4.78 is 46.6. The Kier molecular flexibility index (Phi) is 6.09. The van der Waals surface area contributed by atoms with Crippen LogP contribution in [0.3, 0.4) is 0 Å². The molecule has 2 aromatic carbocycles. The van der Waals surface area contributed by atoms with Gasteiger partial charge in [-0.15, -0.1) is 0 Å². The Morgan fingerprint density at radius 3 is 2.63 bits per heavy atom. The van der Waals surface area contributed by atoms with Crippen molar-refractivity contribution in [1.82, 2.24) is 24.3 Å². The van der Waals surface area contributed by atoms with Crippen LogP contribution in [0.4, 0.5) is 19.1 Å². The molecule has 6 rings (SSSR count). The predicted octanol–water partition coefficient (Wildman–Crippen LogP) is 4.98. The molecule has 0 bridgehead atoms. The van der Waals surface area contributed by atoms with E-state index in [1.165, 1.54) is 6.07 Å². The number of amides is 1. The van der Waals surface area contributed by atoms with Gasteiger partial charge in [0.2, 0.25) is 5.95 Å². The van der Waals surface area contributed by atoms with Crippen LogP contribution < -0.4 is 5.32 Å². The Bertz CT molecular complexity index is 1640. The van der Waals surface area contributed by atoms with Crippen LogP contribution in [0.25, 0.3) is 27.8 Å². The number of nitrogens with zero attached hydrogens (tertiary/aromatic N) is 4. The first-order chi connectivity index (χ1) is 18.3.